The molecule has 2 unspecified atom stereocenters. The fourth-order valence-corrected chi connectivity index (χ4v) is 2.56. The minimum Gasteiger partial charge on any atom is -0.378 e. The van der Waals surface area contributed by atoms with Gasteiger partial charge in [-0.1, -0.05) is 0 Å². The van der Waals surface area contributed by atoms with Crippen molar-refractivity contribution in [1.82, 2.24) is 10.6 Å². The molecular formula is C12H24N2O. The topological polar surface area (TPSA) is 33.3 Å². The van der Waals surface area contributed by atoms with Crippen LogP contribution in [0.15, 0.2) is 0 Å². The van der Waals surface area contributed by atoms with E-state index in [0.29, 0.717) is 11.6 Å². The van der Waals surface area contributed by atoms with Crippen LogP contribution >= 0.6 is 0 Å². The molecule has 88 valence electrons. The highest BCUT2D eigenvalue weighted by Crippen LogP contribution is 2.17. The maximum atomic E-state index is 5.61. The van der Waals surface area contributed by atoms with Gasteiger partial charge in [0.15, 0.2) is 0 Å². The minimum atomic E-state index is 0.344. The Morgan fingerprint density at radius 2 is 2.47 bits per heavy atom. The van der Waals surface area contributed by atoms with E-state index in [9.17, 15) is 0 Å². The van der Waals surface area contributed by atoms with Crippen LogP contribution in [0.5, 0.6) is 0 Å². The van der Waals surface area contributed by atoms with Crippen molar-refractivity contribution in [3.8, 4) is 0 Å². The van der Waals surface area contributed by atoms with Crippen molar-refractivity contribution in [2.75, 3.05) is 26.2 Å². The van der Waals surface area contributed by atoms with Crippen molar-refractivity contribution in [3.63, 3.8) is 0 Å². The number of ether oxygens (including phenoxy) is 1. The first-order chi connectivity index (χ1) is 7.29. The van der Waals surface area contributed by atoms with E-state index in [2.05, 4.69) is 17.6 Å². The molecule has 0 aromatic heterocycles. The van der Waals surface area contributed by atoms with Crippen molar-refractivity contribution < 1.29 is 4.74 Å². The summed E-state index contributed by atoms with van der Waals surface area (Å²) >= 11 is 0. The Labute approximate surface area is 93.0 Å². The van der Waals surface area contributed by atoms with Crippen molar-refractivity contribution in [2.45, 2.75) is 50.7 Å². The van der Waals surface area contributed by atoms with Gasteiger partial charge in [-0.05, 0) is 52.1 Å². The van der Waals surface area contributed by atoms with E-state index in [4.69, 9.17) is 4.74 Å². The predicted octanol–water partition coefficient (Wildman–Crippen LogP) is 1.29. The summed E-state index contributed by atoms with van der Waals surface area (Å²) in [5, 5.41) is 7.07. The summed E-state index contributed by atoms with van der Waals surface area (Å²) in [4.78, 5) is 0. The molecule has 0 amide bonds. The lowest BCUT2D eigenvalue weighted by molar-refractivity contribution is 0.102. The second-order valence-corrected chi connectivity index (χ2v) is 5.19. The van der Waals surface area contributed by atoms with Gasteiger partial charge in [-0.3, -0.25) is 0 Å². The first kappa shape index (κ1) is 11.4. The summed E-state index contributed by atoms with van der Waals surface area (Å²) in [6, 6.07) is 0. The van der Waals surface area contributed by atoms with Gasteiger partial charge in [0, 0.05) is 18.7 Å². The molecule has 2 aliphatic rings. The average molecular weight is 212 g/mol. The summed E-state index contributed by atoms with van der Waals surface area (Å²) in [6.07, 6.45) is 6.84. The van der Waals surface area contributed by atoms with E-state index < -0.39 is 0 Å². The third kappa shape index (κ3) is 3.44. The molecule has 0 aliphatic carbocycles. The average Bonchev–Trinajstić information content (AvgIpc) is 2.84. The zero-order valence-corrected chi connectivity index (χ0v) is 9.85. The molecule has 0 radical (unpaired) electrons. The van der Waals surface area contributed by atoms with Crippen molar-refractivity contribution >= 4 is 0 Å². The molecule has 0 aromatic carbocycles. The first-order valence-electron chi connectivity index (χ1n) is 6.36. The number of hydrogen-bond acceptors (Lipinski definition) is 3. The Morgan fingerprint density at radius 1 is 1.53 bits per heavy atom. The number of hydrogen-bond donors (Lipinski definition) is 2. The minimum absolute atomic E-state index is 0.344. The van der Waals surface area contributed by atoms with Crippen LogP contribution in [0.1, 0.15) is 39.0 Å². The Morgan fingerprint density at radius 3 is 3.13 bits per heavy atom. The molecule has 2 aliphatic heterocycles. The second-order valence-electron chi connectivity index (χ2n) is 5.19. The highest BCUT2D eigenvalue weighted by Gasteiger charge is 2.27. The van der Waals surface area contributed by atoms with Gasteiger partial charge in [-0.25, -0.2) is 0 Å². The Bertz CT molecular complexity index is 184. The van der Waals surface area contributed by atoms with Crippen LogP contribution in [0.25, 0.3) is 0 Å². The molecule has 2 heterocycles. The molecule has 0 bridgehead atoms. The quantitative estimate of drug-likeness (QED) is 0.674. The molecule has 2 saturated heterocycles. The lowest BCUT2D eigenvalue weighted by Crippen LogP contribution is -2.44. The lowest BCUT2D eigenvalue weighted by Gasteiger charge is -2.24. The maximum absolute atomic E-state index is 5.61. The van der Waals surface area contributed by atoms with E-state index in [-0.39, 0.29) is 0 Å². The van der Waals surface area contributed by atoms with Gasteiger partial charge in [0.1, 0.15) is 0 Å². The van der Waals surface area contributed by atoms with Crippen LogP contribution in [0.3, 0.4) is 0 Å². The van der Waals surface area contributed by atoms with Crippen LogP contribution in [-0.4, -0.2) is 37.9 Å². The van der Waals surface area contributed by atoms with Crippen LogP contribution in [0.4, 0.5) is 0 Å². The zero-order valence-electron chi connectivity index (χ0n) is 9.85. The molecule has 3 heteroatoms. The smallest absolute Gasteiger partial charge is 0.0576 e. The fraction of sp³-hybridized carbons (Fsp3) is 1.00. The van der Waals surface area contributed by atoms with E-state index in [1.165, 1.54) is 32.1 Å². The van der Waals surface area contributed by atoms with Crippen molar-refractivity contribution in [2.24, 2.45) is 0 Å². The summed E-state index contributed by atoms with van der Waals surface area (Å²) in [6.45, 7) is 6.72. The molecule has 2 N–H and O–H groups in total. The Balaban J connectivity index is 1.54. The van der Waals surface area contributed by atoms with Crippen LogP contribution in [0.2, 0.25) is 0 Å². The highest BCUT2D eigenvalue weighted by atomic mass is 16.5. The largest absolute Gasteiger partial charge is 0.378 e. The van der Waals surface area contributed by atoms with E-state index in [1.54, 1.807) is 0 Å². The number of rotatable bonds is 5. The van der Waals surface area contributed by atoms with Gasteiger partial charge < -0.3 is 15.4 Å². The first-order valence-corrected chi connectivity index (χ1v) is 6.36. The Kier molecular flexibility index (Phi) is 4.00. The summed E-state index contributed by atoms with van der Waals surface area (Å²) in [5.74, 6) is 0. The summed E-state index contributed by atoms with van der Waals surface area (Å²) in [5.41, 5.74) is 0.344. The molecule has 0 aromatic rings. The predicted molar refractivity (Wildman–Crippen MR) is 62.1 cm³/mol. The summed E-state index contributed by atoms with van der Waals surface area (Å²) in [7, 11) is 0. The van der Waals surface area contributed by atoms with E-state index in [0.717, 1.165) is 26.2 Å². The fourth-order valence-electron chi connectivity index (χ4n) is 2.56. The maximum Gasteiger partial charge on any atom is 0.0576 e. The number of nitrogens with one attached hydrogen (secondary N) is 2. The van der Waals surface area contributed by atoms with Gasteiger partial charge in [0.05, 0.1) is 6.10 Å². The lowest BCUT2D eigenvalue weighted by atomic mass is 10.0. The molecule has 0 spiro atoms. The third-order valence-corrected chi connectivity index (χ3v) is 3.65. The van der Waals surface area contributed by atoms with Gasteiger partial charge in [0.2, 0.25) is 0 Å². The molecule has 15 heavy (non-hydrogen) atoms. The zero-order chi connectivity index (χ0) is 10.6. The highest BCUT2D eigenvalue weighted by molar-refractivity contribution is 4.91. The normalized spacial score (nSPS) is 36.2. The van der Waals surface area contributed by atoms with Gasteiger partial charge in [0.25, 0.3) is 0 Å². The van der Waals surface area contributed by atoms with Crippen LogP contribution in [0, 0.1) is 0 Å². The molecular weight excluding hydrogens is 188 g/mol. The van der Waals surface area contributed by atoms with E-state index in [1.807, 2.05) is 0 Å². The summed E-state index contributed by atoms with van der Waals surface area (Å²) < 4.78 is 5.61. The van der Waals surface area contributed by atoms with Crippen LogP contribution < -0.4 is 10.6 Å². The van der Waals surface area contributed by atoms with Gasteiger partial charge >= 0.3 is 0 Å². The molecule has 3 nitrogen and oxygen atoms in total. The van der Waals surface area contributed by atoms with Crippen molar-refractivity contribution in [3.05, 3.63) is 0 Å². The Hall–Kier alpha value is -0.120. The molecule has 0 saturated carbocycles. The second kappa shape index (κ2) is 5.28. The van der Waals surface area contributed by atoms with E-state index >= 15 is 0 Å². The molecule has 2 rings (SSSR count). The molecule has 2 fully saturated rings. The van der Waals surface area contributed by atoms with Crippen LogP contribution in [-0.2, 0) is 4.74 Å². The van der Waals surface area contributed by atoms with Crippen molar-refractivity contribution in [1.29, 1.82) is 0 Å². The monoisotopic (exact) mass is 212 g/mol. The van der Waals surface area contributed by atoms with Gasteiger partial charge in [-0.2, -0.15) is 0 Å². The SMILES string of the molecule is CC1(NCCCC2CCCO2)CCNC1. The molecule has 2 atom stereocenters. The standard InChI is InChI=1S/C12H24N2O/c1-12(6-8-13-10-12)14-7-2-4-11-5-3-9-15-11/h11,13-14H,2-10H2,1H3. The van der Waals surface area contributed by atoms with Gasteiger partial charge in [-0.15, -0.1) is 0 Å². The third-order valence-electron chi connectivity index (χ3n) is 3.65.